The van der Waals surface area contributed by atoms with Crippen LogP contribution in [0.25, 0.3) is 0 Å². The maximum atomic E-state index is 12.7. The van der Waals surface area contributed by atoms with Crippen LogP contribution in [0.2, 0.25) is 0 Å². The third kappa shape index (κ3) is 11.5. The number of carbonyl (C=O) groups excluding carboxylic acids is 3. The monoisotopic (exact) mass is 580 g/mol. The van der Waals surface area contributed by atoms with E-state index in [0.29, 0.717) is 32.4 Å². The number of benzene rings is 2. The molecule has 2 atom stereocenters. The van der Waals surface area contributed by atoms with Crippen LogP contribution >= 0.6 is 24.8 Å². The topological polar surface area (TPSA) is 128 Å². The van der Waals surface area contributed by atoms with Crippen LogP contribution < -0.4 is 16.9 Å². The number of aryl methyl sites for hydroxylation is 2. The summed E-state index contributed by atoms with van der Waals surface area (Å²) in [6.07, 6.45) is 7.66. The number of nitrogens with zero attached hydrogens (tertiary/aromatic N) is 1. The van der Waals surface area contributed by atoms with E-state index >= 15 is 0 Å². The lowest BCUT2D eigenvalue weighted by atomic mass is 10.0. The number of hydrogen-bond acceptors (Lipinski definition) is 6. The molecule has 216 valence electrons. The highest BCUT2D eigenvalue weighted by molar-refractivity contribution is 5.88. The van der Waals surface area contributed by atoms with Crippen LogP contribution in [0.3, 0.4) is 0 Å². The van der Waals surface area contributed by atoms with Gasteiger partial charge in [-0.15, -0.1) is 24.8 Å². The third-order valence-electron chi connectivity index (χ3n) is 6.77. The molecule has 0 radical (unpaired) electrons. The minimum absolute atomic E-state index is 0. The molecule has 1 aliphatic rings. The van der Waals surface area contributed by atoms with Gasteiger partial charge in [0.25, 0.3) is 5.91 Å². The first-order valence-electron chi connectivity index (χ1n) is 13.4. The first-order valence-corrected chi connectivity index (χ1v) is 13.4. The number of carbonyl (C=O) groups is 3. The van der Waals surface area contributed by atoms with Crippen molar-refractivity contribution in [3.63, 3.8) is 0 Å². The lowest BCUT2D eigenvalue weighted by Crippen LogP contribution is -2.49. The van der Waals surface area contributed by atoms with Crippen molar-refractivity contribution in [1.29, 1.82) is 0 Å². The number of likely N-dealkylation sites (tertiary alicyclic amines) is 1. The highest BCUT2D eigenvalue weighted by atomic mass is 35.5. The molecule has 8 nitrogen and oxygen atoms in total. The van der Waals surface area contributed by atoms with Gasteiger partial charge in [0.15, 0.2) is 0 Å². The molecule has 0 aromatic heterocycles. The number of hydrogen-bond donors (Lipinski definition) is 3. The van der Waals surface area contributed by atoms with Crippen molar-refractivity contribution in [2.45, 2.75) is 76.3 Å². The second-order valence-corrected chi connectivity index (χ2v) is 9.71. The Bertz CT molecular complexity index is 1010. The van der Waals surface area contributed by atoms with Crippen LogP contribution in [0.1, 0.15) is 61.6 Å². The molecule has 0 bridgehead atoms. The van der Waals surface area contributed by atoms with Gasteiger partial charge < -0.3 is 21.2 Å². The summed E-state index contributed by atoms with van der Waals surface area (Å²) < 4.78 is 0. The van der Waals surface area contributed by atoms with Crippen molar-refractivity contribution in [3.8, 4) is 0 Å². The number of nitrogens with one attached hydrogen (secondary N) is 1. The van der Waals surface area contributed by atoms with E-state index in [0.717, 1.165) is 44.1 Å². The van der Waals surface area contributed by atoms with Gasteiger partial charge in [-0.3, -0.25) is 9.59 Å². The maximum absolute atomic E-state index is 12.7. The molecule has 2 aromatic carbocycles. The van der Waals surface area contributed by atoms with Crippen molar-refractivity contribution in [2.24, 2.45) is 11.5 Å². The Balaban J connectivity index is 0.00000380. The van der Waals surface area contributed by atoms with Gasteiger partial charge in [-0.1, -0.05) is 61.0 Å². The summed E-state index contributed by atoms with van der Waals surface area (Å²) >= 11 is 0. The number of nitrogens with two attached hydrogens (primary N) is 2. The molecule has 2 aromatic rings. The van der Waals surface area contributed by atoms with E-state index in [9.17, 15) is 14.4 Å². The molecular formula is C29H42Cl2N4O4. The van der Waals surface area contributed by atoms with Crippen LogP contribution in [0.15, 0.2) is 54.6 Å². The standard InChI is InChI=1S/C29H40N4O4.2ClH/c30-19-7-6-13-25(31)28(35)33-20-8-14-26(33)29(36)37-32-27(34)21-24-17-15-23(16-18-24)12-5-4-11-22-9-2-1-3-10-22;;/h1-3,9-10,15-18,25-26H,4-8,11-14,19-21,30-31H2,(H,32,34);2*1H/t25-,26-;;/m0../s1. The van der Waals surface area contributed by atoms with Crippen LogP contribution in [0.4, 0.5) is 0 Å². The Morgan fingerprint density at radius 3 is 2.15 bits per heavy atom. The molecule has 2 amide bonds. The van der Waals surface area contributed by atoms with Crippen molar-refractivity contribution in [2.75, 3.05) is 13.1 Å². The van der Waals surface area contributed by atoms with Crippen LogP contribution in [-0.2, 0) is 38.5 Å². The van der Waals surface area contributed by atoms with Gasteiger partial charge in [-0.2, -0.15) is 5.48 Å². The Morgan fingerprint density at radius 1 is 0.897 bits per heavy atom. The number of hydroxylamine groups is 1. The minimum Gasteiger partial charge on any atom is -0.338 e. The van der Waals surface area contributed by atoms with Crippen molar-refractivity contribution in [1.82, 2.24) is 10.4 Å². The van der Waals surface area contributed by atoms with Gasteiger partial charge in [0.05, 0.1) is 12.5 Å². The summed E-state index contributed by atoms with van der Waals surface area (Å²) in [5.41, 5.74) is 17.2. The van der Waals surface area contributed by atoms with Crippen LogP contribution in [-0.4, -0.2) is 47.9 Å². The zero-order valence-electron chi connectivity index (χ0n) is 22.4. The van der Waals surface area contributed by atoms with Gasteiger partial charge in [-0.25, -0.2) is 4.79 Å². The Labute approximate surface area is 244 Å². The van der Waals surface area contributed by atoms with Crippen molar-refractivity contribution >= 4 is 42.6 Å². The molecule has 10 heteroatoms. The van der Waals surface area contributed by atoms with E-state index in [1.54, 1.807) is 0 Å². The summed E-state index contributed by atoms with van der Waals surface area (Å²) in [5, 5.41) is 0. The molecular weight excluding hydrogens is 539 g/mol. The van der Waals surface area contributed by atoms with E-state index in [2.05, 4.69) is 29.7 Å². The predicted molar refractivity (Wildman–Crippen MR) is 158 cm³/mol. The van der Waals surface area contributed by atoms with Crippen molar-refractivity contribution < 1.29 is 19.2 Å². The van der Waals surface area contributed by atoms with E-state index in [1.165, 1.54) is 16.0 Å². The van der Waals surface area contributed by atoms with Crippen LogP contribution in [0.5, 0.6) is 0 Å². The number of rotatable bonds is 13. The van der Waals surface area contributed by atoms with Crippen LogP contribution in [0, 0.1) is 0 Å². The van der Waals surface area contributed by atoms with E-state index in [4.69, 9.17) is 16.3 Å². The fourth-order valence-corrected chi connectivity index (χ4v) is 4.64. The molecule has 5 N–H and O–H groups in total. The molecule has 0 spiro atoms. The zero-order chi connectivity index (χ0) is 26.5. The average Bonchev–Trinajstić information content (AvgIpc) is 3.41. The Hall–Kier alpha value is -2.65. The van der Waals surface area contributed by atoms with Gasteiger partial charge >= 0.3 is 5.97 Å². The molecule has 0 saturated carbocycles. The fraction of sp³-hybridized carbons (Fsp3) is 0.483. The maximum Gasteiger partial charge on any atom is 0.354 e. The number of halogens is 2. The highest BCUT2D eigenvalue weighted by Gasteiger charge is 2.37. The van der Waals surface area contributed by atoms with Gasteiger partial charge in [0.2, 0.25) is 5.91 Å². The molecule has 3 rings (SSSR count). The van der Waals surface area contributed by atoms with Gasteiger partial charge in [0, 0.05) is 6.54 Å². The Morgan fingerprint density at radius 2 is 1.51 bits per heavy atom. The quantitative estimate of drug-likeness (QED) is 0.245. The SMILES string of the molecule is Cl.Cl.NCCCC[C@H](N)C(=O)N1CCC[C@H]1C(=O)ONC(=O)Cc1ccc(CCCCc2ccccc2)cc1. The summed E-state index contributed by atoms with van der Waals surface area (Å²) in [6, 6.07) is 17.0. The number of amides is 2. The van der Waals surface area contributed by atoms with E-state index in [-0.39, 0.29) is 37.1 Å². The summed E-state index contributed by atoms with van der Waals surface area (Å²) in [6.45, 7) is 1.01. The zero-order valence-corrected chi connectivity index (χ0v) is 24.0. The lowest BCUT2D eigenvalue weighted by Gasteiger charge is -2.25. The molecule has 1 heterocycles. The molecule has 0 unspecified atom stereocenters. The third-order valence-corrected chi connectivity index (χ3v) is 6.77. The first-order chi connectivity index (χ1) is 18.0. The first kappa shape index (κ1) is 34.4. The second-order valence-electron chi connectivity index (χ2n) is 9.71. The van der Waals surface area contributed by atoms with E-state index in [1.807, 2.05) is 30.3 Å². The molecule has 1 saturated heterocycles. The molecule has 1 aliphatic heterocycles. The smallest absolute Gasteiger partial charge is 0.338 e. The summed E-state index contributed by atoms with van der Waals surface area (Å²) in [5.74, 6) is -1.32. The van der Waals surface area contributed by atoms with E-state index < -0.39 is 24.0 Å². The lowest BCUT2D eigenvalue weighted by molar-refractivity contribution is -0.164. The normalized spacial score (nSPS) is 15.0. The number of unbranched alkanes of at least 4 members (excludes halogenated alkanes) is 2. The summed E-state index contributed by atoms with van der Waals surface area (Å²) in [4.78, 5) is 44.1. The van der Waals surface area contributed by atoms with Crippen molar-refractivity contribution in [3.05, 3.63) is 71.3 Å². The predicted octanol–water partition coefficient (Wildman–Crippen LogP) is 3.66. The molecule has 1 fully saturated rings. The molecule has 0 aliphatic carbocycles. The molecule has 39 heavy (non-hydrogen) atoms. The summed E-state index contributed by atoms with van der Waals surface area (Å²) in [7, 11) is 0. The highest BCUT2D eigenvalue weighted by Crippen LogP contribution is 2.20. The Kier molecular flexibility index (Phi) is 16.4. The van der Waals surface area contributed by atoms with Gasteiger partial charge in [0.1, 0.15) is 6.04 Å². The van der Waals surface area contributed by atoms with Gasteiger partial charge in [-0.05, 0) is 74.6 Å². The fourth-order valence-electron chi connectivity index (χ4n) is 4.64. The average molecular weight is 582 g/mol. The largest absolute Gasteiger partial charge is 0.354 e. The minimum atomic E-state index is -0.727. The second kappa shape index (κ2) is 18.6.